The zero-order valence-corrected chi connectivity index (χ0v) is 9.12. The summed E-state index contributed by atoms with van der Waals surface area (Å²) < 4.78 is 5.30. The second-order valence-electron chi connectivity index (χ2n) is 4.84. The molecule has 1 fully saturated rings. The summed E-state index contributed by atoms with van der Waals surface area (Å²) in [6.07, 6.45) is 4.91. The van der Waals surface area contributed by atoms with Crippen LogP contribution in [-0.2, 0) is 11.8 Å². The van der Waals surface area contributed by atoms with E-state index in [1.807, 2.05) is 0 Å². The fraction of sp³-hybridized carbons (Fsp3) is 0.538. The van der Waals surface area contributed by atoms with E-state index in [-0.39, 0.29) is 0 Å². The van der Waals surface area contributed by atoms with Crippen molar-refractivity contribution in [2.24, 2.45) is 5.73 Å². The molecule has 0 radical (unpaired) electrons. The molecule has 2 N–H and O–H groups in total. The Balaban J connectivity index is 2.09. The summed E-state index contributed by atoms with van der Waals surface area (Å²) in [5.41, 5.74) is 9.35. The summed E-state index contributed by atoms with van der Waals surface area (Å²) in [4.78, 5) is 0. The fourth-order valence-corrected chi connectivity index (χ4v) is 3.02. The fourth-order valence-electron chi connectivity index (χ4n) is 3.02. The predicted molar refractivity (Wildman–Crippen MR) is 60.2 cm³/mol. The van der Waals surface area contributed by atoms with Crippen LogP contribution in [-0.4, -0.2) is 13.2 Å². The van der Waals surface area contributed by atoms with E-state index >= 15 is 0 Å². The summed E-state index contributed by atoms with van der Waals surface area (Å²) in [7, 11) is 1.73. The van der Waals surface area contributed by atoms with Gasteiger partial charge in [0, 0.05) is 11.5 Å². The molecule has 0 bridgehead atoms. The lowest BCUT2D eigenvalue weighted by Gasteiger charge is -2.26. The van der Waals surface area contributed by atoms with Crippen molar-refractivity contribution in [1.29, 1.82) is 0 Å². The van der Waals surface area contributed by atoms with Crippen LogP contribution in [0.5, 0.6) is 5.75 Å². The lowest BCUT2D eigenvalue weighted by Crippen LogP contribution is -2.23. The average molecular weight is 203 g/mol. The first kappa shape index (κ1) is 9.22. The molecule has 0 aromatic heterocycles. The molecule has 1 aromatic carbocycles. The molecular weight excluding hydrogens is 186 g/mol. The molecule has 2 heteroatoms. The van der Waals surface area contributed by atoms with E-state index in [0.717, 1.165) is 12.2 Å². The second kappa shape index (κ2) is 2.99. The first-order valence-corrected chi connectivity index (χ1v) is 5.69. The third-order valence-corrected chi connectivity index (χ3v) is 4.06. The van der Waals surface area contributed by atoms with Gasteiger partial charge in [-0.2, -0.15) is 0 Å². The van der Waals surface area contributed by atoms with Gasteiger partial charge in [-0.05, 0) is 48.9 Å². The molecule has 2 nitrogen and oxygen atoms in total. The Hall–Kier alpha value is -1.02. The Morgan fingerprint density at radius 2 is 2.27 bits per heavy atom. The number of methoxy groups -OCH3 is 1. The van der Waals surface area contributed by atoms with E-state index < -0.39 is 0 Å². The summed E-state index contributed by atoms with van der Waals surface area (Å²) in [6, 6.07) is 6.84. The number of nitrogens with two attached hydrogens (primary N) is 1. The minimum absolute atomic E-state index is 0.308. The van der Waals surface area contributed by atoms with Gasteiger partial charge in [-0.15, -0.1) is 0 Å². The first-order chi connectivity index (χ1) is 7.26. The molecule has 0 saturated heterocycles. The van der Waals surface area contributed by atoms with Crippen molar-refractivity contribution in [2.45, 2.75) is 37.1 Å². The summed E-state index contributed by atoms with van der Waals surface area (Å²) >= 11 is 0. The zero-order chi connectivity index (χ0) is 10.5. The lowest BCUT2D eigenvalue weighted by atomic mass is 9.79. The summed E-state index contributed by atoms with van der Waals surface area (Å²) in [5.74, 6) is 0.967. The van der Waals surface area contributed by atoms with Gasteiger partial charge in [0.15, 0.2) is 0 Å². The van der Waals surface area contributed by atoms with Gasteiger partial charge in [0.1, 0.15) is 5.75 Å². The predicted octanol–water partition coefficient (Wildman–Crippen LogP) is 2.00. The largest absolute Gasteiger partial charge is 0.497 e. The van der Waals surface area contributed by atoms with Crippen molar-refractivity contribution in [2.75, 3.05) is 7.11 Å². The van der Waals surface area contributed by atoms with Crippen LogP contribution in [0.3, 0.4) is 0 Å². The third kappa shape index (κ3) is 1.21. The van der Waals surface area contributed by atoms with Crippen molar-refractivity contribution in [3.63, 3.8) is 0 Å². The van der Waals surface area contributed by atoms with E-state index in [1.54, 1.807) is 7.11 Å². The maximum absolute atomic E-state index is 6.10. The Labute approximate surface area is 90.4 Å². The first-order valence-electron chi connectivity index (χ1n) is 5.69. The molecule has 15 heavy (non-hydrogen) atoms. The standard InChI is InChI=1S/C13H17NO/c1-15-10-5-4-9-3-2-6-13(8-12(13)14)11(9)7-10/h4-5,7,12H,2-3,6,8,14H2,1H3. The minimum Gasteiger partial charge on any atom is -0.497 e. The van der Waals surface area contributed by atoms with Crippen LogP contribution in [0, 0.1) is 0 Å². The number of ether oxygens (including phenoxy) is 1. The van der Waals surface area contributed by atoms with Crippen molar-refractivity contribution >= 4 is 0 Å². The van der Waals surface area contributed by atoms with Crippen molar-refractivity contribution in [3.05, 3.63) is 29.3 Å². The highest BCUT2D eigenvalue weighted by atomic mass is 16.5. The monoisotopic (exact) mass is 203 g/mol. The van der Waals surface area contributed by atoms with Crippen LogP contribution in [0.15, 0.2) is 18.2 Å². The number of fused-ring (bicyclic) bond motifs is 2. The molecule has 1 saturated carbocycles. The molecule has 0 heterocycles. The Bertz CT molecular complexity index is 402. The van der Waals surface area contributed by atoms with Crippen LogP contribution in [0.1, 0.15) is 30.4 Å². The van der Waals surface area contributed by atoms with Gasteiger partial charge in [-0.1, -0.05) is 6.07 Å². The molecule has 0 amide bonds. The van der Waals surface area contributed by atoms with Gasteiger partial charge in [0.2, 0.25) is 0 Å². The van der Waals surface area contributed by atoms with Crippen molar-refractivity contribution < 1.29 is 4.74 Å². The minimum atomic E-state index is 0.308. The Morgan fingerprint density at radius 1 is 1.47 bits per heavy atom. The van der Waals surface area contributed by atoms with Crippen molar-refractivity contribution in [3.8, 4) is 5.75 Å². The molecule has 2 aliphatic rings. The maximum atomic E-state index is 6.10. The van der Waals surface area contributed by atoms with Gasteiger partial charge in [0.25, 0.3) is 0 Å². The molecule has 3 rings (SSSR count). The maximum Gasteiger partial charge on any atom is 0.119 e. The van der Waals surface area contributed by atoms with Gasteiger partial charge in [0.05, 0.1) is 7.11 Å². The van der Waals surface area contributed by atoms with E-state index in [4.69, 9.17) is 10.5 Å². The average Bonchev–Trinajstić information content (AvgIpc) is 2.90. The number of benzene rings is 1. The summed E-state index contributed by atoms with van der Waals surface area (Å²) in [6.45, 7) is 0. The molecule has 2 aliphatic carbocycles. The SMILES string of the molecule is COc1ccc2c(c1)C1(CCC2)CC1N. The third-order valence-electron chi connectivity index (χ3n) is 4.06. The Kier molecular flexibility index (Phi) is 1.84. The molecule has 80 valence electrons. The summed E-state index contributed by atoms with van der Waals surface area (Å²) in [5, 5.41) is 0. The Morgan fingerprint density at radius 3 is 2.93 bits per heavy atom. The lowest BCUT2D eigenvalue weighted by molar-refractivity contribution is 0.411. The van der Waals surface area contributed by atoms with E-state index in [2.05, 4.69) is 18.2 Å². The number of hydrogen-bond acceptors (Lipinski definition) is 2. The van der Waals surface area contributed by atoms with E-state index in [9.17, 15) is 0 Å². The number of hydrogen-bond donors (Lipinski definition) is 1. The molecule has 1 spiro atoms. The second-order valence-corrected chi connectivity index (χ2v) is 4.84. The molecular formula is C13H17NO. The van der Waals surface area contributed by atoms with Crippen LogP contribution in [0.4, 0.5) is 0 Å². The highest BCUT2D eigenvalue weighted by molar-refractivity contribution is 5.47. The highest BCUT2D eigenvalue weighted by Crippen LogP contribution is 2.54. The molecule has 2 unspecified atom stereocenters. The van der Waals surface area contributed by atoms with Crippen LogP contribution in [0.25, 0.3) is 0 Å². The topological polar surface area (TPSA) is 35.2 Å². The molecule has 1 aromatic rings. The van der Waals surface area contributed by atoms with Gasteiger partial charge < -0.3 is 10.5 Å². The van der Waals surface area contributed by atoms with Crippen LogP contribution >= 0.6 is 0 Å². The normalized spacial score (nSPS) is 32.5. The van der Waals surface area contributed by atoms with Gasteiger partial charge in [-0.3, -0.25) is 0 Å². The van der Waals surface area contributed by atoms with Gasteiger partial charge in [-0.25, -0.2) is 0 Å². The van der Waals surface area contributed by atoms with Crippen LogP contribution in [0.2, 0.25) is 0 Å². The quantitative estimate of drug-likeness (QED) is 0.757. The zero-order valence-electron chi connectivity index (χ0n) is 9.12. The highest BCUT2D eigenvalue weighted by Gasteiger charge is 2.54. The van der Waals surface area contributed by atoms with E-state index in [1.165, 1.54) is 30.4 Å². The number of rotatable bonds is 1. The molecule has 0 aliphatic heterocycles. The van der Waals surface area contributed by atoms with Gasteiger partial charge >= 0.3 is 0 Å². The smallest absolute Gasteiger partial charge is 0.119 e. The van der Waals surface area contributed by atoms with Crippen LogP contribution < -0.4 is 10.5 Å². The van der Waals surface area contributed by atoms with E-state index in [0.29, 0.717) is 11.5 Å². The molecule has 2 atom stereocenters. The van der Waals surface area contributed by atoms with Crippen molar-refractivity contribution in [1.82, 2.24) is 0 Å². The number of aryl methyl sites for hydroxylation is 1.